The monoisotopic (exact) mass is 167 g/mol. The van der Waals surface area contributed by atoms with E-state index in [0.717, 1.165) is 0 Å². The Labute approximate surface area is 61.8 Å². The zero-order valence-corrected chi connectivity index (χ0v) is 5.74. The Balaban J connectivity index is 2.53. The fourth-order valence-electron chi connectivity index (χ4n) is 1.11. The van der Waals surface area contributed by atoms with Crippen molar-refractivity contribution in [3.8, 4) is 0 Å². The van der Waals surface area contributed by atoms with Gasteiger partial charge in [-0.05, 0) is 19.4 Å². The van der Waals surface area contributed by atoms with E-state index in [1.807, 2.05) is 0 Å². The van der Waals surface area contributed by atoms with Gasteiger partial charge in [0, 0.05) is 0 Å². The molecule has 1 atom stereocenters. The van der Waals surface area contributed by atoms with Crippen LogP contribution in [0, 0.1) is 0 Å². The summed E-state index contributed by atoms with van der Waals surface area (Å²) < 4.78 is 35.1. The summed E-state index contributed by atoms with van der Waals surface area (Å²) in [5.41, 5.74) is 0. The summed E-state index contributed by atoms with van der Waals surface area (Å²) in [5.74, 6) is -1.64. The van der Waals surface area contributed by atoms with Crippen molar-refractivity contribution in [1.29, 1.82) is 0 Å². The highest BCUT2D eigenvalue weighted by Gasteiger charge is 2.43. The molecule has 1 unspecified atom stereocenters. The molecule has 0 spiro atoms. The van der Waals surface area contributed by atoms with Crippen LogP contribution in [0.2, 0.25) is 0 Å². The smallest absolute Gasteiger partial charge is 0.307 e. The molecule has 0 aromatic carbocycles. The number of Topliss-reactive ketones (excluding diaryl/α,β-unsaturated/α-hetero) is 1. The van der Waals surface area contributed by atoms with Crippen molar-refractivity contribution in [3.05, 3.63) is 0 Å². The van der Waals surface area contributed by atoms with Crippen LogP contribution in [0.3, 0.4) is 0 Å². The molecule has 1 N–H and O–H groups in total. The molecule has 2 nitrogen and oxygen atoms in total. The number of nitrogens with one attached hydrogen (secondary N) is 1. The molecule has 0 aromatic rings. The Kier molecular flexibility index (Phi) is 2.17. The van der Waals surface area contributed by atoms with Crippen molar-refractivity contribution in [2.24, 2.45) is 0 Å². The Morgan fingerprint density at radius 2 is 2.09 bits per heavy atom. The predicted molar refractivity (Wildman–Crippen MR) is 32.1 cm³/mol. The zero-order valence-electron chi connectivity index (χ0n) is 5.74. The Hall–Kier alpha value is -0.580. The predicted octanol–water partition coefficient (Wildman–Crippen LogP) is 0.870. The quantitative estimate of drug-likeness (QED) is 0.627. The maximum Gasteiger partial charge on any atom is 0.451 e. The van der Waals surface area contributed by atoms with Gasteiger partial charge in [-0.2, -0.15) is 13.2 Å². The third kappa shape index (κ3) is 1.92. The lowest BCUT2D eigenvalue weighted by molar-refractivity contribution is -0.172. The van der Waals surface area contributed by atoms with Gasteiger partial charge in [-0.3, -0.25) is 4.79 Å². The molecule has 5 heteroatoms. The summed E-state index contributed by atoms with van der Waals surface area (Å²) in [6.07, 6.45) is -3.73. The van der Waals surface area contributed by atoms with Gasteiger partial charge in [0.1, 0.15) is 0 Å². The van der Waals surface area contributed by atoms with Crippen molar-refractivity contribution < 1.29 is 18.0 Å². The molecule has 0 radical (unpaired) electrons. The molecule has 0 saturated carbocycles. The van der Waals surface area contributed by atoms with Crippen molar-refractivity contribution in [2.75, 3.05) is 6.54 Å². The summed E-state index contributed by atoms with van der Waals surface area (Å²) in [6.45, 7) is 0.506. The van der Waals surface area contributed by atoms with Gasteiger partial charge in [-0.15, -0.1) is 0 Å². The highest BCUT2D eigenvalue weighted by atomic mass is 19.4. The van der Waals surface area contributed by atoms with E-state index in [1.54, 1.807) is 0 Å². The van der Waals surface area contributed by atoms with Crippen LogP contribution in [0.5, 0.6) is 0 Å². The van der Waals surface area contributed by atoms with Crippen molar-refractivity contribution in [3.63, 3.8) is 0 Å². The van der Waals surface area contributed by atoms with E-state index in [0.29, 0.717) is 19.4 Å². The summed E-state index contributed by atoms with van der Waals surface area (Å²) >= 11 is 0. The van der Waals surface area contributed by atoms with E-state index in [2.05, 4.69) is 5.32 Å². The lowest BCUT2D eigenvalue weighted by atomic mass is 10.1. The second-order valence-corrected chi connectivity index (χ2v) is 2.51. The van der Waals surface area contributed by atoms with Crippen LogP contribution >= 0.6 is 0 Å². The largest absolute Gasteiger partial charge is 0.451 e. The van der Waals surface area contributed by atoms with Gasteiger partial charge in [0.2, 0.25) is 0 Å². The summed E-state index contributed by atoms with van der Waals surface area (Å²) in [4.78, 5) is 10.5. The lowest BCUT2D eigenvalue weighted by Crippen LogP contribution is -2.40. The normalized spacial score (nSPS) is 25.5. The molecule has 1 fully saturated rings. The van der Waals surface area contributed by atoms with Gasteiger partial charge < -0.3 is 5.32 Å². The Morgan fingerprint density at radius 1 is 1.45 bits per heavy atom. The lowest BCUT2D eigenvalue weighted by Gasteiger charge is -2.10. The van der Waals surface area contributed by atoms with E-state index in [9.17, 15) is 18.0 Å². The van der Waals surface area contributed by atoms with Gasteiger partial charge in [0.15, 0.2) is 0 Å². The highest BCUT2D eigenvalue weighted by molar-refractivity contribution is 5.89. The first-order valence-corrected chi connectivity index (χ1v) is 3.36. The molecule has 0 aromatic heterocycles. The number of ketones is 1. The fourth-order valence-corrected chi connectivity index (χ4v) is 1.11. The molecule has 1 heterocycles. The highest BCUT2D eigenvalue weighted by Crippen LogP contribution is 2.21. The third-order valence-corrected chi connectivity index (χ3v) is 1.66. The molecule has 1 rings (SSSR count). The van der Waals surface area contributed by atoms with E-state index in [-0.39, 0.29) is 0 Å². The number of rotatable bonds is 1. The second kappa shape index (κ2) is 2.81. The van der Waals surface area contributed by atoms with Crippen molar-refractivity contribution in [1.82, 2.24) is 5.32 Å². The molecule has 0 aliphatic carbocycles. The van der Waals surface area contributed by atoms with Crippen LogP contribution in [-0.4, -0.2) is 24.5 Å². The van der Waals surface area contributed by atoms with Gasteiger partial charge in [0.05, 0.1) is 6.04 Å². The minimum Gasteiger partial charge on any atom is -0.307 e. The molecular formula is C6H8F3NO. The molecule has 64 valence electrons. The van der Waals surface area contributed by atoms with Crippen LogP contribution in [0.1, 0.15) is 12.8 Å². The molecule has 1 saturated heterocycles. The number of halogens is 3. The minimum atomic E-state index is -4.68. The number of carbonyl (C=O) groups is 1. The zero-order chi connectivity index (χ0) is 8.48. The first kappa shape index (κ1) is 8.52. The van der Waals surface area contributed by atoms with Gasteiger partial charge in [0.25, 0.3) is 5.78 Å². The standard InChI is InChI=1S/C6H8F3NO/c7-6(8,9)5(11)4-2-1-3-10-4/h4,10H,1-3H2. The maximum absolute atomic E-state index is 11.7. The minimum absolute atomic E-state index is 0.304. The average molecular weight is 167 g/mol. The number of hydrogen-bond acceptors (Lipinski definition) is 2. The number of carbonyl (C=O) groups excluding carboxylic acids is 1. The van der Waals surface area contributed by atoms with Crippen LogP contribution in [-0.2, 0) is 4.79 Å². The fraction of sp³-hybridized carbons (Fsp3) is 0.833. The SMILES string of the molecule is O=C(C1CCCN1)C(F)(F)F. The molecular weight excluding hydrogens is 159 g/mol. The van der Waals surface area contributed by atoms with Crippen LogP contribution in [0.4, 0.5) is 13.2 Å². The number of alkyl halides is 3. The topological polar surface area (TPSA) is 29.1 Å². The molecule has 11 heavy (non-hydrogen) atoms. The van der Waals surface area contributed by atoms with E-state index in [4.69, 9.17) is 0 Å². The van der Waals surface area contributed by atoms with Gasteiger partial charge in [-0.1, -0.05) is 0 Å². The van der Waals surface area contributed by atoms with Crippen LogP contribution in [0.25, 0.3) is 0 Å². The molecule has 0 bridgehead atoms. The summed E-state index contributed by atoms with van der Waals surface area (Å²) in [7, 11) is 0. The second-order valence-electron chi connectivity index (χ2n) is 2.51. The van der Waals surface area contributed by atoms with Crippen LogP contribution in [0.15, 0.2) is 0 Å². The third-order valence-electron chi connectivity index (χ3n) is 1.66. The Morgan fingerprint density at radius 3 is 2.45 bits per heavy atom. The summed E-state index contributed by atoms with van der Waals surface area (Å²) in [6, 6.07) is -0.991. The Bertz CT molecular complexity index is 160. The van der Waals surface area contributed by atoms with E-state index >= 15 is 0 Å². The molecule has 1 aliphatic rings. The first-order valence-electron chi connectivity index (χ1n) is 3.36. The molecule has 0 amide bonds. The van der Waals surface area contributed by atoms with Gasteiger partial charge in [-0.25, -0.2) is 0 Å². The maximum atomic E-state index is 11.7. The average Bonchev–Trinajstić information content (AvgIpc) is 2.34. The summed E-state index contributed by atoms with van der Waals surface area (Å²) in [5, 5.41) is 2.49. The van der Waals surface area contributed by atoms with Crippen LogP contribution < -0.4 is 5.32 Å². The van der Waals surface area contributed by atoms with E-state index < -0.39 is 18.0 Å². The van der Waals surface area contributed by atoms with Crippen molar-refractivity contribution >= 4 is 5.78 Å². The van der Waals surface area contributed by atoms with Crippen molar-refractivity contribution in [2.45, 2.75) is 25.1 Å². The molecule has 1 aliphatic heterocycles. The number of hydrogen-bond donors (Lipinski definition) is 1. The first-order chi connectivity index (χ1) is 5.02. The van der Waals surface area contributed by atoms with Gasteiger partial charge >= 0.3 is 6.18 Å². The van der Waals surface area contributed by atoms with E-state index in [1.165, 1.54) is 0 Å².